The molecule has 0 fully saturated rings. The van der Waals surface area contributed by atoms with Gasteiger partial charge in [-0.15, -0.1) is 0 Å². The summed E-state index contributed by atoms with van der Waals surface area (Å²) < 4.78 is 56.0. The van der Waals surface area contributed by atoms with Crippen LogP contribution in [0.5, 0.6) is 11.6 Å². The molecule has 8 heteroatoms. The average Bonchev–Trinajstić information content (AvgIpc) is 2.64. The smallest absolute Gasteiger partial charge is 0.422 e. The maximum Gasteiger partial charge on any atom is 0.422 e. The quantitative estimate of drug-likeness (QED) is 0.362. The molecule has 5 nitrogen and oxygen atoms in total. The molecule has 0 saturated carbocycles. The van der Waals surface area contributed by atoms with Crippen LogP contribution in [0.3, 0.4) is 0 Å². The van der Waals surface area contributed by atoms with Crippen molar-refractivity contribution in [2.24, 2.45) is 0 Å². The molecule has 3 aromatic rings. The van der Waals surface area contributed by atoms with E-state index in [1.807, 2.05) is 6.92 Å². The minimum absolute atomic E-state index is 0.272. The van der Waals surface area contributed by atoms with Crippen LogP contribution in [0, 0.1) is 6.92 Å². The molecule has 0 spiro atoms. The molecular formula is C20H19F3NO4+. The Kier molecular flexibility index (Phi) is 5.58. The topological polar surface area (TPSA) is 52.5 Å². The van der Waals surface area contributed by atoms with Gasteiger partial charge in [0.25, 0.3) is 0 Å². The maximum absolute atomic E-state index is 12.9. The molecule has 0 bridgehead atoms. The van der Waals surface area contributed by atoms with Crippen molar-refractivity contribution in [1.82, 2.24) is 0 Å². The number of benzene rings is 1. The van der Waals surface area contributed by atoms with Crippen molar-refractivity contribution in [2.45, 2.75) is 26.1 Å². The second kappa shape index (κ2) is 7.92. The molecule has 0 N–H and O–H groups in total. The highest BCUT2D eigenvalue weighted by molar-refractivity contribution is 5.81. The molecule has 0 unspecified atom stereocenters. The highest BCUT2D eigenvalue weighted by Gasteiger charge is 2.34. The van der Waals surface area contributed by atoms with Crippen molar-refractivity contribution in [3.05, 3.63) is 64.1 Å². The van der Waals surface area contributed by atoms with E-state index >= 15 is 0 Å². The maximum atomic E-state index is 12.9. The SMILES string of the molecule is COc1ccc(C(F)(F)F)c[n+]1CCCOc1ccc2c(C)cc(=O)oc2c1. The first-order chi connectivity index (χ1) is 13.3. The Morgan fingerprint density at radius 3 is 2.64 bits per heavy atom. The molecule has 0 atom stereocenters. The van der Waals surface area contributed by atoms with E-state index in [4.69, 9.17) is 13.9 Å². The summed E-state index contributed by atoms with van der Waals surface area (Å²) in [4.78, 5) is 11.5. The highest BCUT2D eigenvalue weighted by Crippen LogP contribution is 2.28. The van der Waals surface area contributed by atoms with E-state index in [-0.39, 0.29) is 13.2 Å². The van der Waals surface area contributed by atoms with Crippen molar-refractivity contribution < 1.29 is 31.6 Å². The monoisotopic (exact) mass is 394 g/mol. The number of fused-ring (bicyclic) bond motifs is 1. The molecule has 0 amide bonds. The molecule has 2 aromatic heterocycles. The number of nitrogens with zero attached hydrogens (tertiary/aromatic N) is 1. The molecule has 0 aliphatic rings. The van der Waals surface area contributed by atoms with Crippen molar-refractivity contribution in [3.63, 3.8) is 0 Å². The number of ether oxygens (including phenoxy) is 2. The number of hydrogen-bond acceptors (Lipinski definition) is 4. The minimum atomic E-state index is -4.42. The fraction of sp³-hybridized carbons (Fsp3) is 0.300. The van der Waals surface area contributed by atoms with Crippen LogP contribution in [0.2, 0.25) is 0 Å². The van der Waals surface area contributed by atoms with E-state index < -0.39 is 17.4 Å². The van der Waals surface area contributed by atoms with Crippen LogP contribution in [-0.4, -0.2) is 13.7 Å². The molecule has 0 radical (unpaired) electrons. The first kappa shape index (κ1) is 19.7. The van der Waals surface area contributed by atoms with Crippen LogP contribution in [0.15, 0.2) is 51.8 Å². The number of aromatic nitrogens is 1. The van der Waals surface area contributed by atoms with Gasteiger partial charge in [-0.2, -0.15) is 17.7 Å². The molecule has 1 aromatic carbocycles. The second-order valence-electron chi connectivity index (χ2n) is 6.26. The Morgan fingerprint density at radius 2 is 1.93 bits per heavy atom. The zero-order chi connectivity index (χ0) is 20.3. The van der Waals surface area contributed by atoms with E-state index in [0.717, 1.165) is 23.2 Å². The Bertz CT molecular complexity index is 1040. The molecule has 3 rings (SSSR count). The number of aryl methyl sites for hydroxylation is 2. The zero-order valence-corrected chi connectivity index (χ0v) is 15.4. The largest absolute Gasteiger partial charge is 0.493 e. The minimum Gasteiger partial charge on any atom is -0.493 e. The van der Waals surface area contributed by atoms with Crippen LogP contribution >= 0.6 is 0 Å². The summed E-state index contributed by atoms with van der Waals surface area (Å²) in [5.74, 6) is 0.846. The summed E-state index contributed by atoms with van der Waals surface area (Å²) in [5.41, 5.74) is 0.0617. The lowest BCUT2D eigenvalue weighted by atomic mass is 10.1. The van der Waals surface area contributed by atoms with Crippen LogP contribution in [0.1, 0.15) is 17.5 Å². The summed E-state index contributed by atoms with van der Waals surface area (Å²) in [6.07, 6.45) is -2.94. The third-order valence-corrected chi connectivity index (χ3v) is 4.25. The average molecular weight is 394 g/mol. The zero-order valence-electron chi connectivity index (χ0n) is 15.4. The van der Waals surface area contributed by atoms with Gasteiger partial charge in [-0.05, 0) is 30.7 Å². The van der Waals surface area contributed by atoms with E-state index in [9.17, 15) is 18.0 Å². The van der Waals surface area contributed by atoms with Gasteiger partial charge in [-0.1, -0.05) is 0 Å². The van der Waals surface area contributed by atoms with Gasteiger partial charge in [0.15, 0.2) is 12.7 Å². The number of hydrogen-bond donors (Lipinski definition) is 0. The Morgan fingerprint density at radius 1 is 1.14 bits per heavy atom. The molecule has 2 heterocycles. The van der Waals surface area contributed by atoms with Crippen molar-refractivity contribution in [2.75, 3.05) is 13.7 Å². The Labute approximate surface area is 158 Å². The van der Waals surface area contributed by atoms with Crippen LogP contribution in [-0.2, 0) is 12.7 Å². The van der Waals surface area contributed by atoms with Crippen molar-refractivity contribution in [1.29, 1.82) is 0 Å². The number of pyridine rings is 1. The second-order valence-corrected chi connectivity index (χ2v) is 6.26. The predicted octanol–water partition coefficient (Wildman–Crippen LogP) is 3.89. The van der Waals surface area contributed by atoms with Gasteiger partial charge in [0, 0.05) is 23.9 Å². The number of halogens is 3. The van der Waals surface area contributed by atoms with Gasteiger partial charge >= 0.3 is 17.7 Å². The first-order valence-corrected chi connectivity index (χ1v) is 8.60. The standard InChI is InChI=1S/C20H19F3NO4/c1-13-10-19(25)28-17-11-15(5-6-16(13)17)27-9-3-8-24-12-14(20(21,22)23)4-7-18(24)26-2/h4-7,10-12H,3,8-9H2,1-2H3/q+1. The van der Waals surface area contributed by atoms with Gasteiger partial charge in [-0.25, -0.2) is 4.79 Å². The van der Waals surface area contributed by atoms with E-state index in [0.29, 0.717) is 23.6 Å². The van der Waals surface area contributed by atoms with Crippen LogP contribution in [0.25, 0.3) is 11.0 Å². The lowest BCUT2D eigenvalue weighted by Gasteiger charge is -2.09. The first-order valence-electron chi connectivity index (χ1n) is 8.60. The molecular weight excluding hydrogens is 375 g/mol. The summed E-state index contributed by atoms with van der Waals surface area (Å²) >= 11 is 0. The fourth-order valence-electron chi connectivity index (χ4n) is 2.88. The number of methoxy groups -OCH3 is 1. The molecule has 0 saturated heterocycles. The summed E-state index contributed by atoms with van der Waals surface area (Å²) in [5, 5.41) is 0.816. The molecule has 148 valence electrons. The molecule has 28 heavy (non-hydrogen) atoms. The Hall–Kier alpha value is -3.03. The lowest BCUT2D eigenvalue weighted by molar-refractivity contribution is -0.702. The third kappa shape index (κ3) is 4.44. The number of rotatable bonds is 6. The summed E-state index contributed by atoms with van der Waals surface area (Å²) in [7, 11) is 1.40. The normalized spacial score (nSPS) is 11.6. The highest BCUT2D eigenvalue weighted by atomic mass is 19.4. The van der Waals surface area contributed by atoms with Gasteiger partial charge in [0.05, 0.1) is 19.8 Å². The van der Waals surface area contributed by atoms with Gasteiger partial charge in [0.1, 0.15) is 16.9 Å². The van der Waals surface area contributed by atoms with E-state index in [2.05, 4.69) is 0 Å². The fourth-order valence-corrected chi connectivity index (χ4v) is 2.88. The van der Waals surface area contributed by atoms with Crippen LogP contribution < -0.4 is 19.7 Å². The lowest BCUT2D eigenvalue weighted by Crippen LogP contribution is -2.37. The van der Waals surface area contributed by atoms with E-state index in [1.54, 1.807) is 18.2 Å². The van der Waals surface area contributed by atoms with Gasteiger partial charge in [-0.3, -0.25) is 0 Å². The van der Waals surface area contributed by atoms with Gasteiger partial charge in [0.2, 0.25) is 0 Å². The van der Waals surface area contributed by atoms with E-state index in [1.165, 1.54) is 23.8 Å². The van der Waals surface area contributed by atoms with Crippen LogP contribution in [0.4, 0.5) is 13.2 Å². The predicted molar refractivity (Wildman–Crippen MR) is 95.5 cm³/mol. The van der Waals surface area contributed by atoms with Crippen molar-refractivity contribution in [3.8, 4) is 11.6 Å². The van der Waals surface area contributed by atoms with Gasteiger partial charge < -0.3 is 13.9 Å². The summed E-state index contributed by atoms with van der Waals surface area (Å²) in [6, 6.07) is 8.87. The Balaban J connectivity index is 1.66. The summed E-state index contributed by atoms with van der Waals surface area (Å²) in [6.45, 7) is 2.38. The van der Waals surface area contributed by atoms with Crippen molar-refractivity contribution >= 4 is 11.0 Å². The number of alkyl halides is 3. The molecule has 0 aliphatic heterocycles. The molecule has 0 aliphatic carbocycles. The third-order valence-electron chi connectivity index (χ3n) is 4.25.